The standard InChI is InChI=1S/C17H24N2O/c1-6-7-17(4,5)19-16(20)15-10-13-12(3)8-11(2)9-14(13)18-15/h8-10,18H,6-7H2,1-5H3,(H,19,20). The molecule has 0 saturated heterocycles. The van der Waals surface area contributed by atoms with Gasteiger partial charge in [0.25, 0.3) is 5.91 Å². The van der Waals surface area contributed by atoms with Crippen molar-refractivity contribution in [1.82, 2.24) is 10.3 Å². The molecule has 0 bridgehead atoms. The second kappa shape index (κ2) is 5.31. The minimum atomic E-state index is -0.173. The predicted octanol–water partition coefficient (Wildman–Crippen LogP) is 4.09. The van der Waals surface area contributed by atoms with Crippen molar-refractivity contribution in [2.45, 2.75) is 53.0 Å². The maximum atomic E-state index is 12.4. The molecular weight excluding hydrogens is 248 g/mol. The van der Waals surface area contributed by atoms with Crippen molar-refractivity contribution in [2.75, 3.05) is 0 Å². The Labute approximate surface area is 120 Å². The van der Waals surface area contributed by atoms with E-state index in [9.17, 15) is 4.79 Å². The highest BCUT2D eigenvalue weighted by molar-refractivity contribution is 5.99. The molecule has 1 aromatic carbocycles. The fraction of sp³-hybridized carbons (Fsp3) is 0.471. The highest BCUT2D eigenvalue weighted by Gasteiger charge is 2.21. The fourth-order valence-corrected chi connectivity index (χ4v) is 2.78. The summed E-state index contributed by atoms with van der Waals surface area (Å²) in [4.78, 5) is 15.6. The van der Waals surface area contributed by atoms with Gasteiger partial charge in [-0.15, -0.1) is 0 Å². The van der Waals surface area contributed by atoms with E-state index in [1.165, 1.54) is 11.1 Å². The van der Waals surface area contributed by atoms with Crippen molar-refractivity contribution >= 4 is 16.8 Å². The van der Waals surface area contributed by atoms with Crippen LogP contribution in [0.5, 0.6) is 0 Å². The number of benzene rings is 1. The highest BCUT2D eigenvalue weighted by atomic mass is 16.2. The lowest BCUT2D eigenvalue weighted by Gasteiger charge is -2.25. The Kier molecular flexibility index (Phi) is 3.89. The molecule has 0 atom stereocenters. The Morgan fingerprint density at radius 2 is 1.95 bits per heavy atom. The van der Waals surface area contributed by atoms with Crippen LogP contribution >= 0.6 is 0 Å². The van der Waals surface area contributed by atoms with Gasteiger partial charge in [-0.1, -0.05) is 19.4 Å². The highest BCUT2D eigenvalue weighted by Crippen LogP contribution is 2.22. The average Bonchev–Trinajstić information content (AvgIpc) is 2.72. The largest absolute Gasteiger partial charge is 0.351 e. The molecule has 2 rings (SSSR count). The summed E-state index contributed by atoms with van der Waals surface area (Å²) in [6.07, 6.45) is 2.02. The lowest BCUT2D eigenvalue weighted by atomic mass is 9.99. The number of carbonyl (C=O) groups is 1. The summed E-state index contributed by atoms with van der Waals surface area (Å²) in [7, 11) is 0. The smallest absolute Gasteiger partial charge is 0.268 e. The number of aryl methyl sites for hydroxylation is 2. The molecule has 0 aliphatic carbocycles. The zero-order valence-electron chi connectivity index (χ0n) is 13.1. The van der Waals surface area contributed by atoms with E-state index in [1.807, 2.05) is 6.07 Å². The number of aromatic nitrogens is 1. The molecule has 2 N–H and O–H groups in total. The Balaban J connectivity index is 2.29. The molecule has 0 aliphatic heterocycles. The van der Waals surface area contributed by atoms with Crippen LogP contribution in [0, 0.1) is 13.8 Å². The van der Waals surface area contributed by atoms with Crippen LogP contribution in [-0.4, -0.2) is 16.4 Å². The summed E-state index contributed by atoms with van der Waals surface area (Å²) < 4.78 is 0. The van der Waals surface area contributed by atoms with Crippen molar-refractivity contribution in [3.8, 4) is 0 Å². The van der Waals surface area contributed by atoms with Crippen LogP contribution in [0.2, 0.25) is 0 Å². The predicted molar refractivity (Wildman–Crippen MR) is 84.2 cm³/mol. The SMILES string of the molecule is CCCC(C)(C)NC(=O)c1cc2c(C)cc(C)cc2[nH]1. The summed E-state index contributed by atoms with van der Waals surface area (Å²) in [6.45, 7) is 10.4. The third-order valence-electron chi connectivity index (χ3n) is 3.66. The van der Waals surface area contributed by atoms with Gasteiger partial charge < -0.3 is 10.3 Å². The lowest BCUT2D eigenvalue weighted by Crippen LogP contribution is -2.43. The van der Waals surface area contributed by atoms with Gasteiger partial charge in [0.2, 0.25) is 0 Å². The molecule has 20 heavy (non-hydrogen) atoms. The maximum Gasteiger partial charge on any atom is 0.268 e. The molecule has 1 aromatic heterocycles. The number of hydrogen-bond acceptors (Lipinski definition) is 1. The van der Waals surface area contributed by atoms with Gasteiger partial charge in [-0.3, -0.25) is 4.79 Å². The van der Waals surface area contributed by atoms with E-state index in [2.05, 4.69) is 57.1 Å². The topological polar surface area (TPSA) is 44.9 Å². The van der Waals surface area contributed by atoms with Crippen LogP contribution in [-0.2, 0) is 0 Å². The molecule has 3 nitrogen and oxygen atoms in total. The zero-order chi connectivity index (χ0) is 14.9. The molecule has 2 aromatic rings. The van der Waals surface area contributed by atoms with Gasteiger partial charge in [-0.05, 0) is 57.4 Å². The first-order valence-corrected chi connectivity index (χ1v) is 7.25. The first-order valence-electron chi connectivity index (χ1n) is 7.25. The number of fused-ring (bicyclic) bond motifs is 1. The summed E-state index contributed by atoms with van der Waals surface area (Å²) >= 11 is 0. The van der Waals surface area contributed by atoms with Crippen LogP contribution in [0.3, 0.4) is 0 Å². The normalized spacial score (nSPS) is 11.8. The number of H-pyrrole nitrogens is 1. The quantitative estimate of drug-likeness (QED) is 0.865. The van der Waals surface area contributed by atoms with E-state index in [1.54, 1.807) is 0 Å². The Morgan fingerprint density at radius 3 is 2.60 bits per heavy atom. The third kappa shape index (κ3) is 3.03. The monoisotopic (exact) mass is 272 g/mol. The maximum absolute atomic E-state index is 12.4. The van der Waals surface area contributed by atoms with Crippen LogP contribution in [0.15, 0.2) is 18.2 Å². The molecule has 0 spiro atoms. The molecule has 0 radical (unpaired) electrons. The minimum Gasteiger partial charge on any atom is -0.351 e. The van der Waals surface area contributed by atoms with E-state index in [0.717, 1.165) is 23.7 Å². The second-order valence-electron chi connectivity index (χ2n) is 6.31. The fourth-order valence-electron chi connectivity index (χ4n) is 2.78. The zero-order valence-corrected chi connectivity index (χ0v) is 13.1. The first kappa shape index (κ1) is 14.6. The van der Waals surface area contributed by atoms with Gasteiger partial charge in [-0.25, -0.2) is 0 Å². The third-order valence-corrected chi connectivity index (χ3v) is 3.66. The Hall–Kier alpha value is -1.77. The Morgan fingerprint density at radius 1 is 1.25 bits per heavy atom. The molecule has 0 fully saturated rings. The lowest BCUT2D eigenvalue weighted by molar-refractivity contribution is 0.0904. The molecule has 1 amide bonds. The number of amides is 1. The number of nitrogens with one attached hydrogen (secondary N) is 2. The van der Waals surface area contributed by atoms with Crippen molar-refractivity contribution in [1.29, 1.82) is 0 Å². The number of rotatable bonds is 4. The van der Waals surface area contributed by atoms with E-state index in [-0.39, 0.29) is 11.4 Å². The van der Waals surface area contributed by atoms with Crippen LogP contribution < -0.4 is 5.32 Å². The van der Waals surface area contributed by atoms with Crippen molar-refractivity contribution < 1.29 is 4.79 Å². The molecular formula is C17H24N2O. The average molecular weight is 272 g/mol. The van der Waals surface area contributed by atoms with E-state index in [4.69, 9.17) is 0 Å². The summed E-state index contributed by atoms with van der Waals surface area (Å²) in [5, 5.41) is 4.22. The van der Waals surface area contributed by atoms with Gasteiger partial charge in [0, 0.05) is 16.4 Å². The molecule has 0 unspecified atom stereocenters. The summed E-state index contributed by atoms with van der Waals surface area (Å²) in [6, 6.07) is 6.16. The summed E-state index contributed by atoms with van der Waals surface area (Å²) in [5.41, 5.74) is 3.89. The van der Waals surface area contributed by atoms with Crippen molar-refractivity contribution in [2.24, 2.45) is 0 Å². The molecule has 0 saturated carbocycles. The minimum absolute atomic E-state index is 0.0308. The number of hydrogen-bond donors (Lipinski definition) is 2. The van der Waals surface area contributed by atoms with Crippen molar-refractivity contribution in [3.05, 3.63) is 35.0 Å². The number of aromatic amines is 1. The van der Waals surface area contributed by atoms with Gasteiger partial charge >= 0.3 is 0 Å². The van der Waals surface area contributed by atoms with Crippen molar-refractivity contribution in [3.63, 3.8) is 0 Å². The van der Waals surface area contributed by atoms with Crippen LogP contribution in [0.4, 0.5) is 0 Å². The molecule has 1 heterocycles. The van der Waals surface area contributed by atoms with Gasteiger partial charge in [0.15, 0.2) is 0 Å². The van der Waals surface area contributed by atoms with E-state index < -0.39 is 0 Å². The molecule has 0 aliphatic rings. The molecule has 108 valence electrons. The van der Waals surface area contributed by atoms with Gasteiger partial charge in [0.1, 0.15) is 5.69 Å². The van der Waals surface area contributed by atoms with Gasteiger partial charge in [0.05, 0.1) is 0 Å². The summed E-state index contributed by atoms with van der Waals surface area (Å²) in [5.74, 6) is -0.0308. The van der Waals surface area contributed by atoms with E-state index in [0.29, 0.717) is 5.69 Å². The Bertz CT molecular complexity index is 638. The van der Waals surface area contributed by atoms with Crippen LogP contribution in [0.25, 0.3) is 10.9 Å². The second-order valence-corrected chi connectivity index (χ2v) is 6.31. The molecule has 3 heteroatoms. The van der Waals surface area contributed by atoms with Gasteiger partial charge in [-0.2, -0.15) is 0 Å². The number of carbonyl (C=O) groups excluding carboxylic acids is 1. The first-order chi connectivity index (χ1) is 9.32. The van der Waals surface area contributed by atoms with Crippen LogP contribution in [0.1, 0.15) is 55.2 Å². The van der Waals surface area contributed by atoms with E-state index >= 15 is 0 Å².